The van der Waals surface area contributed by atoms with Gasteiger partial charge in [0.1, 0.15) is 11.8 Å². The van der Waals surface area contributed by atoms with E-state index in [1.807, 2.05) is 110 Å². The molecule has 12 nitrogen and oxygen atoms in total. The van der Waals surface area contributed by atoms with Crippen LogP contribution in [0.5, 0.6) is 0 Å². The van der Waals surface area contributed by atoms with Crippen LogP contribution in [0.25, 0.3) is 0 Å². The summed E-state index contributed by atoms with van der Waals surface area (Å²) in [4.78, 5) is 88.5. The number of hydrogen-bond acceptors (Lipinski definition) is 7. The fraction of sp³-hybridized carbons (Fsp3) is 0.875. The van der Waals surface area contributed by atoms with Crippen LogP contribution >= 0.6 is 0 Å². The number of hydrogen-bond donors (Lipinski definition) is 2. The zero-order valence-corrected chi connectivity index (χ0v) is 40.6. The average molecular weight is 845 g/mol. The lowest BCUT2D eigenvalue weighted by atomic mass is 9.76. The number of rotatable bonds is 24. The molecule has 2 heterocycles. The van der Waals surface area contributed by atoms with Gasteiger partial charge in [0.05, 0.1) is 6.04 Å². The molecule has 2 rings (SSSR count). The topological polar surface area (TPSA) is 139 Å². The Hall–Kier alpha value is -3.02. The van der Waals surface area contributed by atoms with Crippen LogP contribution in [-0.2, 0) is 28.8 Å². The quantitative estimate of drug-likeness (QED) is 0.0968. The van der Waals surface area contributed by atoms with Gasteiger partial charge < -0.3 is 30.2 Å². The number of likely N-dealkylation sites (N-methyl/N-ethyl adjacent to an activating group) is 1. The van der Waals surface area contributed by atoms with Crippen LogP contribution in [0.1, 0.15) is 180 Å². The van der Waals surface area contributed by atoms with E-state index >= 15 is 0 Å². The third-order valence-corrected chi connectivity index (χ3v) is 13.2. The number of amides is 5. The lowest BCUT2D eigenvalue weighted by Gasteiger charge is -2.38. The summed E-state index contributed by atoms with van der Waals surface area (Å²) in [5.41, 5.74) is -0.811. The minimum atomic E-state index is -0.626. The van der Waals surface area contributed by atoms with Gasteiger partial charge in [0.15, 0.2) is 0 Å². The summed E-state index contributed by atoms with van der Waals surface area (Å²) >= 11 is 0. The second-order valence-electron chi connectivity index (χ2n) is 20.8. The van der Waals surface area contributed by atoms with Crippen molar-refractivity contribution in [2.24, 2.45) is 22.7 Å². The van der Waals surface area contributed by atoms with Gasteiger partial charge in [0, 0.05) is 81.4 Å². The first kappa shape index (κ1) is 53.1. The molecule has 0 aromatic rings. The molecule has 2 aliphatic rings. The van der Waals surface area contributed by atoms with E-state index in [0.717, 1.165) is 64.2 Å². The molecule has 0 aromatic heterocycles. The fourth-order valence-electron chi connectivity index (χ4n) is 8.62. The Morgan fingerprint density at radius 2 is 1.08 bits per heavy atom. The van der Waals surface area contributed by atoms with Crippen molar-refractivity contribution in [3.8, 4) is 0 Å². The van der Waals surface area contributed by atoms with Crippen molar-refractivity contribution in [3.05, 3.63) is 0 Å². The molecule has 60 heavy (non-hydrogen) atoms. The summed E-state index contributed by atoms with van der Waals surface area (Å²) in [6.07, 6.45) is 10.8. The van der Waals surface area contributed by atoms with Gasteiger partial charge in [0.2, 0.25) is 29.5 Å². The highest BCUT2D eigenvalue weighted by molar-refractivity contribution is 5.91. The number of nitrogens with one attached hydrogen (secondary N) is 2. The number of likely N-dealkylation sites (tertiary alicyclic amines) is 2. The molecular weight excluding hydrogens is 757 g/mol. The molecule has 6 atom stereocenters. The van der Waals surface area contributed by atoms with Gasteiger partial charge in [-0.05, 0) is 97.4 Å². The molecule has 2 aliphatic heterocycles. The average Bonchev–Trinajstić information content (AvgIpc) is 3.85. The molecule has 0 saturated carbocycles. The van der Waals surface area contributed by atoms with Gasteiger partial charge >= 0.3 is 0 Å². The van der Waals surface area contributed by atoms with Gasteiger partial charge in [-0.1, -0.05) is 81.1 Å². The van der Waals surface area contributed by atoms with Crippen molar-refractivity contribution < 1.29 is 28.8 Å². The Labute approximate surface area is 365 Å². The highest BCUT2D eigenvalue weighted by Gasteiger charge is 2.42. The van der Waals surface area contributed by atoms with Gasteiger partial charge in [-0.3, -0.25) is 28.8 Å². The monoisotopic (exact) mass is 845 g/mol. The predicted molar refractivity (Wildman–Crippen MR) is 242 cm³/mol. The smallest absolute Gasteiger partial charge is 0.246 e. The number of carbonyl (C=O) groups excluding carboxylic acids is 6. The molecule has 2 saturated heterocycles. The summed E-state index contributed by atoms with van der Waals surface area (Å²) < 4.78 is 0. The van der Waals surface area contributed by atoms with Crippen LogP contribution in [0.2, 0.25) is 0 Å². The van der Waals surface area contributed by atoms with Crippen LogP contribution in [0, 0.1) is 22.7 Å². The highest BCUT2D eigenvalue weighted by atomic mass is 16.2. The molecule has 0 aliphatic carbocycles. The fourth-order valence-corrected chi connectivity index (χ4v) is 8.62. The van der Waals surface area contributed by atoms with Crippen LogP contribution < -0.4 is 10.6 Å². The van der Waals surface area contributed by atoms with E-state index < -0.39 is 17.4 Å². The van der Waals surface area contributed by atoms with Gasteiger partial charge in [-0.15, -0.1) is 0 Å². The second-order valence-corrected chi connectivity index (χ2v) is 20.8. The minimum absolute atomic E-state index is 0.0158. The summed E-state index contributed by atoms with van der Waals surface area (Å²) in [5.74, 6) is -0.421. The van der Waals surface area contributed by atoms with Crippen molar-refractivity contribution in [3.63, 3.8) is 0 Å². The van der Waals surface area contributed by atoms with Crippen molar-refractivity contribution in [1.29, 1.82) is 0 Å². The third kappa shape index (κ3) is 16.0. The van der Waals surface area contributed by atoms with Crippen molar-refractivity contribution >= 4 is 35.3 Å². The number of Topliss-reactive ketones (excluding diaryl/α,β-unsaturated/α-hetero) is 1. The van der Waals surface area contributed by atoms with E-state index in [1.54, 1.807) is 7.05 Å². The van der Waals surface area contributed by atoms with Crippen LogP contribution in [0.3, 0.4) is 0 Å². The molecule has 12 heteroatoms. The SMILES string of the molecule is CC[C@@H](C)C(=O)N[C@H](C(=O)N1CCC[C@H]1CN(C(=O)CCCCCCCCC(=O)N(C[C@@H]1CCCN1C(=O)[C@@H](CC(=O)[C@H](C)NC)C(C)(C)C)C(C)C)C(C)C)C(C)(C)C. The van der Waals surface area contributed by atoms with E-state index in [2.05, 4.69) is 10.6 Å². The van der Waals surface area contributed by atoms with E-state index in [9.17, 15) is 28.8 Å². The maximum absolute atomic E-state index is 14.0. The Morgan fingerprint density at radius 3 is 1.47 bits per heavy atom. The highest BCUT2D eigenvalue weighted by Crippen LogP contribution is 2.34. The van der Waals surface area contributed by atoms with Crippen molar-refractivity contribution in [2.45, 2.75) is 216 Å². The third-order valence-electron chi connectivity index (χ3n) is 13.2. The summed E-state index contributed by atoms with van der Waals surface area (Å²) in [7, 11) is 1.76. The normalized spacial score (nSPS) is 19.3. The standard InChI is InChI=1S/C48H88N6O6/c1-15-35(6)44(58)50-43(48(11,12)13)46(60)52-29-23-25-38(52)32-54(34(4)5)42(57)27-21-19-17-16-18-20-26-41(56)53(33(2)3)31-37-24-22-28-51(37)45(59)39(47(8,9)10)30-40(55)36(7)49-14/h33-39,43,49H,15-32H2,1-14H3,(H,50,58)/t35-,36+,37+,38+,39-,43-/m1/s1. The van der Waals surface area contributed by atoms with E-state index in [1.165, 1.54) is 0 Å². The van der Waals surface area contributed by atoms with E-state index in [-0.39, 0.29) is 83.3 Å². The molecule has 0 spiro atoms. The number of carbonyl (C=O) groups is 6. The lowest BCUT2D eigenvalue weighted by Crippen LogP contribution is -2.58. The maximum Gasteiger partial charge on any atom is 0.246 e. The Morgan fingerprint density at radius 1 is 0.650 bits per heavy atom. The molecule has 5 amide bonds. The molecule has 2 fully saturated rings. The Kier molecular flexibility index (Phi) is 21.8. The van der Waals surface area contributed by atoms with Crippen LogP contribution in [0.15, 0.2) is 0 Å². The largest absolute Gasteiger partial charge is 0.344 e. The van der Waals surface area contributed by atoms with Gasteiger partial charge in [-0.25, -0.2) is 0 Å². The number of unbranched alkanes of at least 4 members (excludes halogenated alkanes) is 5. The molecule has 2 N–H and O–H groups in total. The van der Waals surface area contributed by atoms with Crippen LogP contribution in [0.4, 0.5) is 0 Å². The van der Waals surface area contributed by atoms with E-state index in [4.69, 9.17) is 0 Å². The summed E-state index contributed by atoms with van der Waals surface area (Å²) in [6.45, 7) is 28.2. The molecule has 346 valence electrons. The van der Waals surface area contributed by atoms with Gasteiger partial charge in [0.25, 0.3) is 0 Å². The first-order valence-corrected chi connectivity index (χ1v) is 23.7. The Bertz CT molecular complexity index is 1300. The second kappa shape index (κ2) is 24.6. The first-order valence-electron chi connectivity index (χ1n) is 23.7. The zero-order chi connectivity index (χ0) is 45.5. The molecular formula is C48H88N6O6. The summed E-state index contributed by atoms with van der Waals surface area (Å²) in [5, 5.41) is 6.06. The molecule has 0 bridgehead atoms. The van der Waals surface area contributed by atoms with Crippen LogP contribution in [-0.4, -0.2) is 124 Å². The molecule has 0 radical (unpaired) electrons. The summed E-state index contributed by atoms with van der Waals surface area (Å²) in [6, 6.07) is -1.01. The number of nitrogens with zero attached hydrogens (tertiary/aromatic N) is 4. The minimum Gasteiger partial charge on any atom is -0.344 e. The molecule has 0 aromatic carbocycles. The predicted octanol–water partition coefficient (Wildman–Crippen LogP) is 7.37. The maximum atomic E-state index is 14.0. The number of ketones is 1. The first-order chi connectivity index (χ1) is 28.0. The Balaban J connectivity index is 1.85. The van der Waals surface area contributed by atoms with Gasteiger partial charge in [-0.2, -0.15) is 0 Å². The van der Waals surface area contributed by atoms with Crippen molar-refractivity contribution in [2.75, 3.05) is 33.2 Å². The lowest BCUT2D eigenvalue weighted by molar-refractivity contribution is -0.144. The molecule has 0 unspecified atom stereocenters. The van der Waals surface area contributed by atoms with Crippen molar-refractivity contribution in [1.82, 2.24) is 30.2 Å². The van der Waals surface area contributed by atoms with E-state index in [0.29, 0.717) is 45.4 Å². The zero-order valence-electron chi connectivity index (χ0n) is 40.6.